The van der Waals surface area contributed by atoms with Gasteiger partial charge in [-0.1, -0.05) is 27.7 Å². The number of amides is 1. The predicted octanol–water partition coefficient (Wildman–Crippen LogP) is 1.69. The molecule has 19 heavy (non-hydrogen) atoms. The van der Waals surface area contributed by atoms with Gasteiger partial charge in [-0.15, -0.1) is 6.58 Å². The molecule has 0 aromatic rings. The first-order chi connectivity index (χ1) is 9.15. The highest BCUT2D eigenvalue weighted by Gasteiger charge is 2.21. The third-order valence-corrected chi connectivity index (χ3v) is 3.85. The van der Waals surface area contributed by atoms with E-state index in [0.29, 0.717) is 18.6 Å². The fourth-order valence-corrected chi connectivity index (χ4v) is 2.41. The molecule has 0 bridgehead atoms. The Morgan fingerprint density at radius 3 is 2.84 bits per heavy atom. The summed E-state index contributed by atoms with van der Waals surface area (Å²) in [4.78, 5) is 27.1. The van der Waals surface area contributed by atoms with Gasteiger partial charge in [0.05, 0.1) is 0 Å². The molecule has 5 nitrogen and oxygen atoms in total. The Kier molecular flexibility index (Phi) is 11.5. The molecule has 0 unspecified atom stereocenters. The Labute approximate surface area is 122 Å². The lowest BCUT2D eigenvalue weighted by Gasteiger charge is -2.16. The van der Waals surface area contributed by atoms with E-state index in [1.807, 2.05) is 6.26 Å². The van der Waals surface area contributed by atoms with Crippen LogP contribution < -0.4 is 5.32 Å². The molecule has 0 aliphatic rings. The van der Waals surface area contributed by atoms with Gasteiger partial charge in [0.25, 0.3) is 0 Å². The SMILES string of the molecule is C=CCCC(=O)N[C@@H](CSSC)C(=O)OCC=NC. The number of nitrogens with zero attached hydrogens (tertiary/aromatic N) is 1. The Bertz CT molecular complexity index is 322. The Hall–Kier alpha value is -0.950. The van der Waals surface area contributed by atoms with Crippen molar-refractivity contribution in [1.82, 2.24) is 5.32 Å². The van der Waals surface area contributed by atoms with Gasteiger partial charge in [-0.05, 0) is 12.7 Å². The highest BCUT2D eigenvalue weighted by molar-refractivity contribution is 8.76. The van der Waals surface area contributed by atoms with Crippen molar-refractivity contribution in [2.24, 2.45) is 4.99 Å². The van der Waals surface area contributed by atoms with Gasteiger partial charge in [-0.25, -0.2) is 4.79 Å². The van der Waals surface area contributed by atoms with Crippen molar-refractivity contribution in [2.75, 3.05) is 25.7 Å². The van der Waals surface area contributed by atoms with E-state index < -0.39 is 12.0 Å². The Morgan fingerprint density at radius 2 is 2.26 bits per heavy atom. The molecule has 7 heteroatoms. The van der Waals surface area contributed by atoms with Crippen LogP contribution in [0.1, 0.15) is 12.8 Å². The number of rotatable bonds is 10. The molecule has 1 N–H and O–H groups in total. The maximum atomic E-state index is 11.8. The van der Waals surface area contributed by atoms with Gasteiger partial charge in [0.15, 0.2) is 0 Å². The molecule has 0 radical (unpaired) electrons. The number of carbonyl (C=O) groups is 2. The summed E-state index contributed by atoms with van der Waals surface area (Å²) >= 11 is 0. The van der Waals surface area contributed by atoms with E-state index in [0.717, 1.165) is 0 Å². The number of esters is 1. The van der Waals surface area contributed by atoms with Gasteiger partial charge in [0.2, 0.25) is 5.91 Å². The molecule has 108 valence electrons. The first-order valence-electron chi connectivity index (χ1n) is 5.78. The van der Waals surface area contributed by atoms with Crippen LogP contribution in [-0.2, 0) is 14.3 Å². The van der Waals surface area contributed by atoms with Crippen LogP contribution in [0.3, 0.4) is 0 Å². The quantitative estimate of drug-likeness (QED) is 0.288. The van der Waals surface area contributed by atoms with E-state index in [4.69, 9.17) is 4.74 Å². The summed E-state index contributed by atoms with van der Waals surface area (Å²) < 4.78 is 5.00. The van der Waals surface area contributed by atoms with E-state index in [-0.39, 0.29) is 12.5 Å². The normalized spacial score (nSPS) is 12.1. The maximum Gasteiger partial charge on any atom is 0.329 e. The number of hydrogen-bond donors (Lipinski definition) is 1. The second kappa shape index (κ2) is 12.1. The van der Waals surface area contributed by atoms with E-state index in [1.54, 1.807) is 13.1 Å². The third-order valence-electron chi connectivity index (χ3n) is 2.03. The first-order valence-corrected chi connectivity index (χ1v) is 8.51. The minimum atomic E-state index is -0.625. The number of hydrogen-bond acceptors (Lipinski definition) is 6. The molecule has 0 heterocycles. The van der Waals surface area contributed by atoms with Crippen LogP contribution in [0, 0.1) is 0 Å². The standard InChI is InChI=1S/C12H20N2O3S2/c1-4-5-6-11(15)14-10(9-19-18-3)12(16)17-8-7-13-2/h4,7,10H,1,5-6,8-9H2,2-3H3,(H,14,15)/t10-/m0/s1. The average molecular weight is 304 g/mol. The van der Waals surface area contributed by atoms with E-state index in [9.17, 15) is 9.59 Å². The Balaban J connectivity index is 4.30. The molecule has 1 amide bonds. The van der Waals surface area contributed by atoms with Crippen molar-refractivity contribution >= 4 is 39.7 Å². The fourth-order valence-electron chi connectivity index (χ4n) is 1.10. The number of nitrogens with one attached hydrogen (secondary N) is 1. The lowest BCUT2D eigenvalue weighted by atomic mass is 10.2. The van der Waals surface area contributed by atoms with Crippen molar-refractivity contribution in [2.45, 2.75) is 18.9 Å². The van der Waals surface area contributed by atoms with Crippen molar-refractivity contribution in [3.05, 3.63) is 12.7 Å². The summed E-state index contributed by atoms with van der Waals surface area (Å²) in [6.45, 7) is 3.68. The summed E-state index contributed by atoms with van der Waals surface area (Å²) in [5.74, 6) is -0.135. The summed E-state index contributed by atoms with van der Waals surface area (Å²) in [5.41, 5.74) is 0. The highest BCUT2D eigenvalue weighted by atomic mass is 33.1. The van der Waals surface area contributed by atoms with Crippen molar-refractivity contribution in [3.8, 4) is 0 Å². The zero-order valence-corrected chi connectivity index (χ0v) is 12.9. The second-order valence-corrected chi connectivity index (χ2v) is 6.08. The maximum absolute atomic E-state index is 11.8. The average Bonchev–Trinajstić information content (AvgIpc) is 2.41. The lowest BCUT2D eigenvalue weighted by Crippen LogP contribution is -2.43. The van der Waals surface area contributed by atoms with Crippen LogP contribution in [-0.4, -0.2) is 49.8 Å². The third kappa shape index (κ3) is 9.61. The Morgan fingerprint density at radius 1 is 1.53 bits per heavy atom. The molecular weight excluding hydrogens is 284 g/mol. The van der Waals surface area contributed by atoms with Crippen molar-refractivity contribution < 1.29 is 14.3 Å². The topological polar surface area (TPSA) is 67.8 Å². The van der Waals surface area contributed by atoms with Crippen LogP contribution in [0.25, 0.3) is 0 Å². The minimum Gasteiger partial charge on any atom is -0.458 e. The largest absolute Gasteiger partial charge is 0.458 e. The lowest BCUT2D eigenvalue weighted by molar-refractivity contribution is -0.145. The zero-order chi connectivity index (χ0) is 14.5. The van der Waals surface area contributed by atoms with Crippen molar-refractivity contribution in [1.29, 1.82) is 0 Å². The van der Waals surface area contributed by atoms with E-state index in [2.05, 4.69) is 16.9 Å². The number of carbonyl (C=O) groups excluding carboxylic acids is 2. The molecule has 0 aromatic heterocycles. The molecule has 0 saturated carbocycles. The van der Waals surface area contributed by atoms with Gasteiger partial charge < -0.3 is 10.1 Å². The van der Waals surface area contributed by atoms with Crippen LogP contribution in [0.5, 0.6) is 0 Å². The van der Waals surface area contributed by atoms with Gasteiger partial charge in [0, 0.05) is 25.4 Å². The molecule has 0 fully saturated rings. The number of allylic oxidation sites excluding steroid dienone is 1. The predicted molar refractivity (Wildman–Crippen MR) is 82.7 cm³/mol. The number of ether oxygens (including phenoxy) is 1. The van der Waals surface area contributed by atoms with Gasteiger partial charge in [-0.2, -0.15) is 0 Å². The van der Waals surface area contributed by atoms with Crippen molar-refractivity contribution in [3.63, 3.8) is 0 Å². The fraction of sp³-hybridized carbons (Fsp3) is 0.583. The van der Waals surface area contributed by atoms with E-state index >= 15 is 0 Å². The van der Waals surface area contributed by atoms with Crippen LogP contribution in [0.15, 0.2) is 17.6 Å². The van der Waals surface area contributed by atoms with Crippen LogP contribution >= 0.6 is 21.6 Å². The molecular formula is C12H20N2O3S2. The molecule has 1 atom stereocenters. The first kappa shape index (κ1) is 18.0. The van der Waals surface area contributed by atoms with E-state index in [1.165, 1.54) is 27.8 Å². The molecule has 0 aliphatic heterocycles. The summed E-state index contributed by atoms with van der Waals surface area (Å²) in [5, 5.41) is 2.67. The van der Waals surface area contributed by atoms with Crippen LogP contribution in [0.4, 0.5) is 0 Å². The molecule has 0 saturated heterocycles. The minimum absolute atomic E-state index is 0.123. The molecule has 0 aromatic carbocycles. The summed E-state index contributed by atoms with van der Waals surface area (Å²) in [7, 11) is 4.64. The summed E-state index contributed by atoms with van der Waals surface area (Å²) in [6.07, 6.45) is 5.99. The molecule has 0 rings (SSSR count). The number of aliphatic imine (C=N–C) groups is 1. The smallest absolute Gasteiger partial charge is 0.329 e. The highest BCUT2D eigenvalue weighted by Crippen LogP contribution is 2.18. The van der Waals surface area contributed by atoms with Gasteiger partial charge in [0.1, 0.15) is 12.6 Å². The second-order valence-electron chi connectivity index (χ2n) is 3.47. The van der Waals surface area contributed by atoms with Gasteiger partial charge >= 0.3 is 5.97 Å². The molecule has 0 spiro atoms. The molecule has 0 aliphatic carbocycles. The zero-order valence-electron chi connectivity index (χ0n) is 11.3. The monoisotopic (exact) mass is 304 g/mol. The summed E-state index contributed by atoms with van der Waals surface area (Å²) in [6, 6.07) is -0.625. The van der Waals surface area contributed by atoms with Gasteiger partial charge in [-0.3, -0.25) is 9.79 Å². The van der Waals surface area contributed by atoms with Crippen LogP contribution in [0.2, 0.25) is 0 Å².